The Balaban J connectivity index is 1.33. The first-order valence-electron chi connectivity index (χ1n) is 9.97. The molecular weight excluding hydrogens is 336 g/mol. The van der Waals surface area contributed by atoms with E-state index in [0.717, 1.165) is 37.2 Å². The maximum Gasteiger partial charge on any atom is 0.224 e. The predicted molar refractivity (Wildman–Crippen MR) is 107 cm³/mol. The van der Waals surface area contributed by atoms with E-state index < -0.39 is 0 Å². The third kappa shape index (κ3) is 3.83. The molecule has 1 aromatic heterocycles. The van der Waals surface area contributed by atoms with Gasteiger partial charge < -0.3 is 10.6 Å². The maximum absolute atomic E-state index is 12.9. The van der Waals surface area contributed by atoms with Crippen molar-refractivity contribution in [3.63, 3.8) is 0 Å². The van der Waals surface area contributed by atoms with Gasteiger partial charge in [0.1, 0.15) is 0 Å². The fourth-order valence-electron chi connectivity index (χ4n) is 4.64. The highest BCUT2D eigenvalue weighted by Crippen LogP contribution is 2.44. The molecule has 2 fully saturated rings. The lowest BCUT2D eigenvalue weighted by molar-refractivity contribution is -0.125. The molecule has 2 aliphatic heterocycles. The van der Waals surface area contributed by atoms with Crippen molar-refractivity contribution < 1.29 is 4.79 Å². The van der Waals surface area contributed by atoms with E-state index in [9.17, 15) is 4.79 Å². The molecule has 3 heterocycles. The van der Waals surface area contributed by atoms with Crippen molar-refractivity contribution in [1.82, 2.24) is 15.2 Å². The topological polar surface area (TPSA) is 57.3 Å². The number of hydrogen-bond acceptors (Lipinski definition) is 4. The summed E-state index contributed by atoms with van der Waals surface area (Å²) in [5, 5.41) is 6.53. The number of nitrogens with zero attached hydrogens (tertiary/aromatic N) is 2. The molecule has 2 N–H and O–H groups in total. The molecule has 142 valence electrons. The Kier molecular flexibility index (Phi) is 5.39. The Bertz CT molecular complexity index is 779. The van der Waals surface area contributed by atoms with E-state index in [1.54, 1.807) is 6.20 Å². The van der Waals surface area contributed by atoms with Crippen LogP contribution in [0.1, 0.15) is 36.4 Å². The van der Waals surface area contributed by atoms with Crippen molar-refractivity contribution in [1.29, 1.82) is 0 Å². The van der Waals surface area contributed by atoms with E-state index in [2.05, 4.69) is 50.8 Å². The highest BCUT2D eigenvalue weighted by molar-refractivity contribution is 5.80. The highest BCUT2D eigenvalue weighted by Gasteiger charge is 2.46. The van der Waals surface area contributed by atoms with Gasteiger partial charge >= 0.3 is 0 Å². The number of carbonyl (C=O) groups excluding carboxylic acids is 1. The minimum atomic E-state index is 0.0976. The third-order valence-corrected chi connectivity index (χ3v) is 5.97. The Hall–Kier alpha value is -2.40. The van der Waals surface area contributed by atoms with Gasteiger partial charge in [0.2, 0.25) is 5.91 Å². The number of fused-ring (bicyclic) bond motifs is 1. The SMILES string of the molecule is Cc1cnccc1NCCNC(=O)[C@H]1C[C@@H](c2ccccc2)N2CCC[C@H]12. The average molecular weight is 364 g/mol. The second kappa shape index (κ2) is 8.09. The monoisotopic (exact) mass is 364 g/mol. The molecule has 5 nitrogen and oxygen atoms in total. The van der Waals surface area contributed by atoms with Crippen LogP contribution in [0.5, 0.6) is 0 Å². The number of benzene rings is 1. The second-order valence-corrected chi connectivity index (χ2v) is 7.62. The van der Waals surface area contributed by atoms with Gasteiger partial charge in [0.25, 0.3) is 0 Å². The number of rotatable bonds is 6. The molecule has 1 amide bonds. The van der Waals surface area contributed by atoms with Crippen LogP contribution >= 0.6 is 0 Å². The van der Waals surface area contributed by atoms with Gasteiger partial charge in [0.15, 0.2) is 0 Å². The third-order valence-electron chi connectivity index (χ3n) is 5.97. The summed E-state index contributed by atoms with van der Waals surface area (Å²) in [6, 6.07) is 13.4. The molecule has 1 aromatic carbocycles. The van der Waals surface area contributed by atoms with Crippen LogP contribution in [-0.2, 0) is 4.79 Å². The number of nitrogens with one attached hydrogen (secondary N) is 2. The van der Waals surface area contributed by atoms with Crippen LogP contribution < -0.4 is 10.6 Å². The fourth-order valence-corrected chi connectivity index (χ4v) is 4.64. The van der Waals surface area contributed by atoms with Crippen LogP contribution in [0.4, 0.5) is 5.69 Å². The van der Waals surface area contributed by atoms with Crippen molar-refractivity contribution in [2.24, 2.45) is 5.92 Å². The predicted octanol–water partition coefficient (Wildman–Crippen LogP) is 3.14. The number of amides is 1. The van der Waals surface area contributed by atoms with Crippen molar-refractivity contribution >= 4 is 11.6 Å². The first-order chi connectivity index (χ1) is 13.2. The van der Waals surface area contributed by atoms with E-state index in [0.29, 0.717) is 18.6 Å². The number of pyridine rings is 1. The first kappa shape index (κ1) is 18.0. The van der Waals surface area contributed by atoms with E-state index in [4.69, 9.17) is 0 Å². The summed E-state index contributed by atoms with van der Waals surface area (Å²) < 4.78 is 0. The highest BCUT2D eigenvalue weighted by atomic mass is 16.2. The molecule has 0 spiro atoms. The second-order valence-electron chi connectivity index (χ2n) is 7.62. The van der Waals surface area contributed by atoms with Gasteiger partial charge in [-0.3, -0.25) is 14.7 Å². The lowest BCUT2D eigenvalue weighted by Crippen LogP contribution is -2.39. The zero-order chi connectivity index (χ0) is 18.6. The number of aromatic nitrogens is 1. The quantitative estimate of drug-likeness (QED) is 0.773. The van der Waals surface area contributed by atoms with E-state index in [-0.39, 0.29) is 11.8 Å². The minimum absolute atomic E-state index is 0.0976. The van der Waals surface area contributed by atoms with Crippen molar-refractivity contribution in [3.8, 4) is 0 Å². The number of hydrogen-bond donors (Lipinski definition) is 2. The summed E-state index contributed by atoms with van der Waals surface area (Å²) >= 11 is 0. The summed E-state index contributed by atoms with van der Waals surface area (Å²) in [7, 11) is 0. The summed E-state index contributed by atoms with van der Waals surface area (Å²) in [6.07, 6.45) is 6.89. The maximum atomic E-state index is 12.9. The lowest BCUT2D eigenvalue weighted by Gasteiger charge is -2.24. The standard InChI is InChI=1S/C22H28N4O/c1-16-15-23-10-9-19(16)24-11-12-25-22(27)18-14-21(17-6-3-2-4-7-17)26-13-5-8-20(18)26/h2-4,6-7,9-10,15,18,20-21H,5,8,11-14H2,1H3,(H,23,24)(H,25,27)/t18-,20+,21-/m0/s1. The fraction of sp³-hybridized carbons (Fsp3) is 0.455. The molecule has 2 aromatic rings. The summed E-state index contributed by atoms with van der Waals surface area (Å²) in [4.78, 5) is 19.5. The Labute approximate surface area is 161 Å². The number of anilines is 1. The zero-order valence-corrected chi connectivity index (χ0v) is 15.9. The van der Waals surface area contributed by atoms with Gasteiger partial charge in [-0.05, 0) is 49.9 Å². The summed E-state index contributed by atoms with van der Waals surface area (Å²) in [5.74, 6) is 0.305. The average Bonchev–Trinajstić information content (AvgIpc) is 3.30. The van der Waals surface area contributed by atoms with E-state index >= 15 is 0 Å². The molecule has 0 saturated carbocycles. The van der Waals surface area contributed by atoms with E-state index in [1.165, 1.54) is 12.0 Å². The summed E-state index contributed by atoms with van der Waals surface area (Å²) in [6.45, 7) is 4.50. The van der Waals surface area contributed by atoms with Crippen LogP contribution in [0.15, 0.2) is 48.8 Å². The Morgan fingerprint density at radius 2 is 2.07 bits per heavy atom. The lowest BCUT2D eigenvalue weighted by atomic mass is 9.93. The minimum Gasteiger partial charge on any atom is -0.383 e. The molecule has 0 bridgehead atoms. The van der Waals surface area contributed by atoms with Gasteiger partial charge in [-0.1, -0.05) is 30.3 Å². The molecule has 4 rings (SSSR count). The van der Waals surface area contributed by atoms with Gasteiger partial charge in [-0.15, -0.1) is 0 Å². The molecule has 27 heavy (non-hydrogen) atoms. The van der Waals surface area contributed by atoms with Gasteiger partial charge in [-0.25, -0.2) is 0 Å². The number of carbonyl (C=O) groups is 1. The van der Waals surface area contributed by atoms with Gasteiger partial charge in [0.05, 0.1) is 5.92 Å². The molecule has 0 aliphatic carbocycles. The molecule has 5 heteroatoms. The normalized spacial score (nSPS) is 24.6. The van der Waals surface area contributed by atoms with Crippen LogP contribution in [0, 0.1) is 12.8 Å². The van der Waals surface area contributed by atoms with Gasteiger partial charge in [0, 0.05) is 43.3 Å². The molecule has 0 unspecified atom stereocenters. The summed E-state index contributed by atoms with van der Waals surface area (Å²) in [5.41, 5.74) is 3.53. The van der Waals surface area contributed by atoms with Crippen molar-refractivity contribution in [3.05, 3.63) is 59.9 Å². The smallest absolute Gasteiger partial charge is 0.224 e. The van der Waals surface area contributed by atoms with Crippen LogP contribution in [0.2, 0.25) is 0 Å². The van der Waals surface area contributed by atoms with Crippen LogP contribution in [0.3, 0.4) is 0 Å². The van der Waals surface area contributed by atoms with Crippen LogP contribution in [0.25, 0.3) is 0 Å². The zero-order valence-electron chi connectivity index (χ0n) is 15.9. The van der Waals surface area contributed by atoms with E-state index in [1.807, 2.05) is 19.2 Å². The van der Waals surface area contributed by atoms with Crippen molar-refractivity contribution in [2.45, 2.75) is 38.3 Å². The molecule has 2 aliphatic rings. The van der Waals surface area contributed by atoms with Crippen molar-refractivity contribution in [2.75, 3.05) is 25.0 Å². The Morgan fingerprint density at radius 1 is 1.22 bits per heavy atom. The molecular formula is C22H28N4O. The van der Waals surface area contributed by atoms with Gasteiger partial charge in [-0.2, -0.15) is 0 Å². The molecule has 3 atom stereocenters. The Morgan fingerprint density at radius 3 is 2.89 bits per heavy atom. The van der Waals surface area contributed by atoms with Crippen LogP contribution in [-0.4, -0.2) is 41.5 Å². The molecule has 2 saturated heterocycles. The number of aryl methyl sites for hydroxylation is 1. The largest absolute Gasteiger partial charge is 0.383 e. The molecule has 0 radical (unpaired) electrons. The first-order valence-corrected chi connectivity index (χ1v) is 9.97.